The molecule has 2 rings (SSSR count). The molecular formula is C17H21N5O2. The van der Waals surface area contributed by atoms with Crippen molar-refractivity contribution in [3.8, 4) is 11.8 Å². The predicted molar refractivity (Wildman–Crippen MR) is 90.9 cm³/mol. The van der Waals surface area contributed by atoms with Crippen molar-refractivity contribution < 1.29 is 9.53 Å². The highest BCUT2D eigenvalue weighted by Crippen LogP contribution is 2.19. The van der Waals surface area contributed by atoms with Gasteiger partial charge in [-0.25, -0.2) is 4.68 Å². The average molecular weight is 327 g/mol. The van der Waals surface area contributed by atoms with Crippen LogP contribution in [0.15, 0.2) is 36.5 Å². The maximum absolute atomic E-state index is 12.3. The van der Waals surface area contributed by atoms with Crippen LogP contribution in [-0.4, -0.2) is 53.9 Å². The summed E-state index contributed by atoms with van der Waals surface area (Å²) in [6, 6.07) is 11.5. The van der Waals surface area contributed by atoms with E-state index in [4.69, 9.17) is 4.74 Å². The Labute approximate surface area is 141 Å². The number of methoxy groups -OCH3 is 1. The van der Waals surface area contributed by atoms with E-state index in [2.05, 4.69) is 16.5 Å². The minimum atomic E-state index is -0.213. The Morgan fingerprint density at radius 3 is 2.79 bits per heavy atom. The number of amides is 1. The van der Waals surface area contributed by atoms with Crippen molar-refractivity contribution in [2.24, 2.45) is 0 Å². The van der Waals surface area contributed by atoms with E-state index in [0.717, 1.165) is 5.69 Å². The Hall–Kier alpha value is -2.69. The fourth-order valence-electron chi connectivity index (χ4n) is 2.24. The van der Waals surface area contributed by atoms with Gasteiger partial charge >= 0.3 is 0 Å². The molecule has 7 heteroatoms. The first-order valence-electron chi connectivity index (χ1n) is 7.59. The number of carbonyl (C=O) groups excluding carboxylic acids is 1. The van der Waals surface area contributed by atoms with Gasteiger partial charge in [-0.15, -0.1) is 0 Å². The van der Waals surface area contributed by atoms with Crippen LogP contribution in [0, 0.1) is 11.3 Å². The van der Waals surface area contributed by atoms with Crippen molar-refractivity contribution in [1.82, 2.24) is 14.7 Å². The number of nitrogens with zero attached hydrogens (tertiary/aromatic N) is 4. The Morgan fingerprint density at radius 1 is 1.46 bits per heavy atom. The number of aromatic nitrogens is 2. The molecule has 0 aliphatic rings. The first kappa shape index (κ1) is 17.7. The molecule has 1 N–H and O–H groups in total. The smallest absolute Gasteiger partial charge is 0.239 e. The first-order valence-corrected chi connectivity index (χ1v) is 7.59. The summed E-state index contributed by atoms with van der Waals surface area (Å²) in [5, 5.41) is 16.2. The van der Waals surface area contributed by atoms with Crippen LogP contribution in [-0.2, 0) is 9.53 Å². The van der Waals surface area contributed by atoms with Gasteiger partial charge in [-0.3, -0.25) is 9.69 Å². The van der Waals surface area contributed by atoms with Gasteiger partial charge in [-0.2, -0.15) is 10.4 Å². The van der Waals surface area contributed by atoms with Crippen LogP contribution >= 0.6 is 0 Å². The monoisotopic (exact) mass is 327 g/mol. The highest BCUT2D eigenvalue weighted by atomic mass is 16.5. The Balaban J connectivity index is 2.16. The largest absolute Gasteiger partial charge is 0.383 e. The molecule has 24 heavy (non-hydrogen) atoms. The summed E-state index contributed by atoms with van der Waals surface area (Å²) >= 11 is 0. The lowest BCUT2D eigenvalue weighted by Gasteiger charge is -2.23. The fourth-order valence-corrected chi connectivity index (χ4v) is 2.24. The number of nitriles is 1. The van der Waals surface area contributed by atoms with Crippen LogP contribution in [0.4, 0.5) is 5.82 Å². The van der Waals surface area contributed by atoms with E-state index < -0.39 is 0 Å². The van der Waals surface area contributed by atoms with Gasteiger partial charge in [0.15, 0.2) is 5.82 Å². The molecule has 0 bridgehead atoms. The van der Waals surface area contributed by atoms with Crippen LogP contribution in [0.2, 0.25) is 0 Å². The molecule has 7 nitrogen and oxygen atoms in total. The summed E-state index contributed by atoms with van der Waals surface area (Å²) < 4.78 is 6.65. The Bertz CT molecular complexity index is 720. The third-order valence-corrected chi connectivity index (χ3v) is 3.70. The van der Waals surface area contributed by atoms with Crippen LogP contribution in [0.25, 0.3) is 5.69 Å². The molecule has 0 radical (unpaired) electrons. The van der Waals surface area contributed by atoms with Gasteiger partial charge in [-0.1, -0.05) is 18.2 Å². The standard InChI is InChI=1S/C17H21N5O2/c1-13(12-24-3)21(2)11-16(23)20-17-14(9-18)10-19-22(17)15-7-5-4-6-8-15/h4-8,10,13H,11-12H2,1-3H3,(H,20,23). The summed E-state index contributed by atoms with van der Waals surface area (Å²) in [6.07, 6.45) is 1.44. The number of carbonyl (C=O) groups is 1. The number of hydrogen-bond donors (Lipinski definition) is 1. The lowest BCUT2D eigenvalue weighted by molar-refractivity contribution is -0.117. The van der Waals surface area contributed by atoms with Crippen molar-refractivity contribution >= 4 is 11.7 Å². The highest BCUT2D eigenvalue weighted by Gasteiger charge is 2.17. The third kappa shape index (κ3) is 4.19. The molecule has 0 spiro atoms. The van der Waals surface area contributed by atoms with Crippen LogP contribution in [0.1, 0.15) is 12.5 Å². The fraction of sp³-hybridized carbons (Fsp3) is 0.353. The molecule has 1 amide bonds. The zero-order valence-electron chi connectivity index (χ0n) is 14.1. The molecule has 0 aliphatic carbocycles. The summed E-state index contributed by atoms with van der Waals surface area (Å²) in [5.41, 5.74) is 1.09. The summed E-state index contributed by atoms with van der Waals surface area (Å²) in [4.78, 5) is 14.2. The number of ether oxygens (including phenoxy) is 1. The van der Waals surface area contributed by atoms with Gasteiger partial charge in [0.05, 0.1) is 25.0 Å². The maximum Gasteiger partial charge on any atom is 0.239 e. The molecule has 1 atom stereocenters. The van der Waals surface area contributed by atoms with E-state index in [1.807, 2.05) is 49.2 Å². The van der Waals surface area contributed by atoms with E-state index in [-0.39, 0.29) is 18.5 Å². The molecule has 1 aromatic heterocycles. The normalized spacial score (nSPS) is 12.0. The van der Waals surface area contributed by atoms with Crippen molar-refractivity contribution in [3.05, 3.63) is 42.1 Å². The van der Waals surface area contributed by atoms with E-state index in [1.54, 1.807) is 11.8 Å². The summed E-state index contributed by atoms with van der Waals surface area (Å²) in [7, 11) is 3.48. The first-order chi connectivity index (χ1) is 11.6. The molecule has 1 aromatic carbocycles. The van der Waals surface area contributed by atoms with Gasteiger partial charge in [0.1, 0.15) is 11.6 Å². The van der Waals surface area contributed by atoms with Gasteiger partial charge in [-0.05, 0) is 26.1 Å². The SMILES string of the molecule is COCC(C)N(C)CC(=O)Nc1c(C#N)cnn1-c1ccccc1. The molecule has 2 aromatic rings. The number of nitrogens with one attached hydrogen (secondary N) is 1. The van der Waals surface area contributed by atoms with E-state index in [1.165, 1.54) is 6.20 Å². The number of anilines is 1. The molecule has 126 valence electrons. The van der Waals surface area contributed by atoms with Crippen LogP contribution in [0.3, 0.4) is 0 Å². The second-order valence-electron chi connectivity index (χ2n) is 5.53. The third-order valence-electron chi connectivity index (χ3n) is 3.70. The number of likely N-dealkylation sites (N-methyl/N-ethyl adjacent to an activating group) is 1. The van der Waals surface area contributed by atoms with Crippen molar-refractivity contribution in [2.45, 2.75) is 13.0 Å². The zero-order chi connectivity index (χ0) is 17.5. The van der Waals surface area contributed by atoms with E-state index in [0.29, 0.717) is 18.0 Å². The van der Waals surface area contributed by atoms with Gasteiger partial charge in [0.25, 0.3) is 0 Å². The van der Waals surface area contributed by atoms with Crippen LogP contribution in [0.5, 0.6) is 0 Å². The summed E-state index contributed by atoms with van der Waals surface area (Å²) in [5.74, 6) is 0.163. The van der Waals surface area contributed by atoms with Crippen molar-refractivity contribution in [3.63, 3.8) is 0 Å². The van der Waals surface area contributed by atoms with E-state index in [9.17, 15) is 10.1 Å². The van der Waals surface area contributed by atoms with Gasteiger partial charge in [0.2, 0.25) is 5.91 Å². The average Bonchev–Trinajstić information content (AvgIpc) is 2.98. The number of benzene rings is 1. The van der Waals surface area contributed by atoms with E-state index >= 15 is 0 Å². The Morgan fingerprint density at radius 2 is 2.17 bits per heavy atom. The zero-order valence-corrected chi connectivity index (χ0v) is 14.1. The molecule has 0 fully saturated rings. The maximum atomic E-state index is 12.3. The number of hydrogen-bond acceptors (Lipinski definition) is 5. The molecule has 1 unspecified atom stereocenters. The van der Waals surface area contributed by atoms with Gasteiger partial charge < -0.3 is 10.1 Å². The van der Waals surface area contributed by atoms with Crippen LogP contribution < -0.4 is 5.32 Å². The molecular weight excluding hydrogens is 306 g/mol. The summed E-state index contributed by atoms with van der Waals surface area (Å²) in [6.45, 7) is 2.70. The second-order valence-corrected chi connectivity index (χ2v) is 5.53. The molecule has 0 aliphatic heterocycles. The lowest BCUT2D eigenvalue weighted by atomic mass is 10.3. The number of rotatable bonds is 7. The quantitative estimate of drug-likeness (QED) is 0.836. The van der Waals surface area contributed by atoms with Crippen molar-refractivity contribution in [2.75, 3.05) is 32.6 Å². The lowest BCUT2D eigenvalue weighted by Crippen LogP contribution is -2.39. The minimum absolute atomic E-state index is 0.107. The highest BCUT2D eigenvalue weighted by molar-refractivity contribution is 5.92. The van der Waals surface area contributed by atoms with Gasteiger partial charge in [0, 0.05) is 13.2 Å². The number of para-hydroxylation sites is 1. The second kappa shape index (κ2) is 8.24. The van der Waals surface area contributed by atoms with Crippen molar-refractivity contribution in [1.29, 1.82) is 5.26 Å². The molecule has 1 heterocycles. The minimum Gasteiger partial charge on any atom is -0.383 e. The predicted octanol–water partition coefficient (Wildman–Crippen LogP) is 1.65. The molecule has 0 saturated heterocycles. The topological polar surface area (TPSA) is 83.2 Å². The molecule has 0 saturated carbocycles. The Kier molecular flexibility index (Phi) is 6.07.